The molecule has 0 atom stereocenters. The first-order valence-corrected chi connectivity index (χ1v) is 8.34. The van der Waals surface area contributed by atoms with Crippen molar-refractivity contribution in [3.05, 3.63) is 33.6 Å². The highest BCUT2D eigenvalue weighted by Gasteiger charge is 2.19. The van der Waals surface area contributed by atoms with Gasteiger partial charge in [-0.05, 0) is 31.7 Å². The standard InChI is InChI=1S/C15H16N4O2S/c20-14(12-7-9-8-21-6-5-10(9)18-19-12)17-15-16-11-3-1-2-4-13(11)22-15/h7H,1-6,8H2,(H,16,17,20). The van der Waals surface area contributed by atoms with E-state index in [4.69, 9.17) is 4.74 Å². The summed E-state index contributed by atoms with van der Waals surface area (Å²) in [5.74, 6) is -0.257. The van der Waals surface area contributed by atoms with Crippen molar-refractivity contribution in [2.24, 2.45) is 0 Å². The van der Waals surface area contributed by atoms with E-state index in [2.05, 4.69) is 20.5 Å². The highest BCUT2D eigenvalue weighted by Crippen LogP contribution is 2.29. The van der Waals surface area contributed by atoms with Crippen molar-refractivity contribution in [3.8, 4) is 0 Å². The van der Waals surface area contributed by atoms with Crippen LogP contribution in [-0.4, -0.2) is 27.7 Å². The van der Waals surface area contributed by atoms with E-state index in [0.29, 0.717) is 24.0 Å². The molecule has 0 radical (unpaired) electrons. The van der Waals surface area contributed by atoms with E-state index < -0.39 is 0 Å². The van der Waals surface area contributed by atoms with Crippen molar-refractivity contribution >= 4 is 22.4 Å². The molecule has 6 nitrogen and oxygen atoms in total. The molecule has 0 saturated carbocycles. The zero-order valence-electron chi connectivity index (χ0n) is 12.1. The SMILES string of the molecule is O=C(Nc1nc2c(s1)CCCC2)c1cc2c(nn1)CCOC2. The minimum absolute atomic E-state index is 0.257. The number of anilines is 1. The van der Waals surface area contributed by atoms with Crippen LogP contribution >= 0.6 is 11.3 Å². The van der Waals surface area contributed by atoms with Crippen molar-refractivity contribution in [2.75, 3.05) is 11.9 Å². The molecule has 0 aromatic carbocycles. The first-order valence-electron chi connectivity index (χ1n) is 7.53. The molecule has 1 amide bonds. The number of ether oxygens (including phenoxy) is 1. The molecule has 2 aromatic rings. The van der Waals surface area contributed by atoms with E-state index in [0.717, 1.165) is 36.2 Å². The van der Waals surface area contributed by atoms with Gasteiger partial charge in [0.1, 0.15) is 0 Å². The molecule has 0 fully saturated rings. The Labute approximate surface area is 131 Å². The summed E-state index contributed by atoms with van der Waals surface area (Å²) >= 11 is 1.57. The van der Waals surface area contributed by atoms with E-state index in [1.165, 1.54) is 17.7 Å². The molecular formula is C15H16N4O2S. The molecule has 0 bridgehead atoms. The summed E-state index contributed by atoms with van der Waals surface area (Å²) in [7, 11) is 0. The van der Waals surface area contributed by atoms with Gasteiger partial charge in [0.05, 0.1) is 24.6 Å². The van der Waals surface area contributed by atoms with Crippen molar-refractivity contribution < 1.29 is 9.53 Å². The number of aromatic nitrogens is 3. The second-order valence-corrected chi connectivity index (χ2v) is 6.64. The smallest absolute Gasteiger partial charge is 0.277 e. The number of carbonyl (C=O) groups excluding carboxylic acids is 1. The second kappa shape index (κ2) is 5.73. The Kier molecular flexibility index (Phi) is 3.59. The lowest BCUT2D eigenvalue weighted by Crippen LogP contribution is -2.19. The molecule has 1 aliphatic heterocycles. The van der Waals surface area contributed by atoms with Gasteiger partial charge in [-0.3, -0.25) is 10.1 Å². The van der Waals surface area contributed by atoms with Crippen LogP contribution in [0.4, 0.5) is 5.13 Å². The zero-order chi connectivity index (χ0) is 14.9. The predicted octanol–water partition coefficient (Wildman–Crippen LogP) is 2.14. The van der Waals surface area contributed by atoms with Crippen LogP contribution in [0, 0.1) is 0 Å². The fourth-order valence-corrected chi connectivity index (χ4v) is 3.86. The van der Waals surface area contributed by atoms with Gasteiger partial charge in [0.15, 0.2) is 10.8 Å². The third-order valence-electron chi connectivity index (χ3n) is 4.00. The third kappa shape index (κ3) is 2.62. The Bertz CT molecular complexity index is 705. The summed E-state index contributed by atoms with van der Waals surface area (Å²) < 4.78 is 5.39. The first-order chi connectivity index (χ1) is 10.8. The topological polar surface area (TPSA) is 77.0 Å². The van der Waals surface area contributed by atoms with E-state index >= 15 is 0 Å². The summed E-state index contributed by atoms with van der Waals surface area (Å²) in [6.07, 6.45) is 5.22. The summed E-state index contributed by atoms with van der Waals surface area (Å²) in [6.45, 7) is 1.16. The van der Waals surface area contributed by atoms with Gasteiger partial charge in [-0.1, -0.05) is 0 Å². The van der Waals surface area contributed by atoms with E-state index in [-0.39, 0.29) is 5.91 Å². The van der Waals surface area contributed by atoms with Crippen LogP contribution < -0.4 is 5.32 Å². The lowest BCUT2D eigenvalue weighted by molar-refractivity contribution is 0.101. The highest BCUT2D eigenvalue weighted by atomic mass is 32.1. The van der Waals surface area contributed by atoms with Gasteiger partial charge >= 0.3 is 0 Å². The molecule has 0 saturated heterocycles. The van der Waals surface area contributed by atoms with Crippen molar-refractivity contribution in [2.45, 2.75) is 38.7 Å². The van der Waals surface area contributed by atoms with Gasteiger partial charge in [-0.15, -0.1) is 16.4 Å². The number of amides is 1. The van der Waals surface area contributed by atoms with Gasteiger partial charge in [0.25, 0.3) is 5.91 Å². The lowest BCUT2D eigenvalue weighted by Gasteiger charge is -2.14. The zero-order valence-corrected chi connectivity index (χ0v) is 12.9. The minimum Gasteiger partial charge on any atom is -0.376 e. The van der Waals surface area contributed by atoms with Gasteiger partial charge in [-0.2, -0.15) is 5.10 Å². The minimum atomic E-state index is -0.257. The molecule has 2 aliphatic rings. The molecule has 0 unspecified atom stereocenters. The number of carbonyl (C=O) groups is 1. The maximum absolute atomic E-state index is 12.3. The molecular weight excluding hydrogens is 300 g/mol. The maximum Gasteiger partial charge on any atom is 0.277 e. The van der Waals surface area contributed by atoms with Crippen LogP contribution in [0.15, 0.2) is 6.07 Å². The fraction of sp³-hybridized carbons (Fsp3) is 0.467. The number of rotatable bonds is 2. The van der Waals surface area contributed by atoms with Crippen LogP contribution in [0.1, 0.15) is 45.2 Å². The number of hydrogen-bond donors (Lipinski definition) is 1. The fourth-order valence-electron chi connectivity index (χ4n) is 2.82. The third-order valence-corrected chi connectivity index (χ3v) is 5.07. The van der Waals surface area contributed by atoms with E-state index in [1.807, 2.05) is 0 Å². The summed E-state index contributed by atoms with van der Waals surface area (Å²) in [5.41, 5.74) is 3.33. The molecule has 1 N–H and O–H groups in total. The van der Waals surface area contributed by atoms with E-state index in [1.54, 1.807) is 17.4 Å². The van der Waals surface area contributed by atoms with Crippen LogP contribution in [0.3, 0.4) is 0 Å². The Balaban J connectivity index is 1.53. The largest absolute Gasteiger partial charge is 0.376 e. The number of hydrogen-bond acceptors (Lipinski definition) is 6. The average molecular weight is 316 g/mol. The number of nitrogens with zero attached hydrogens (tertiary/aromatic N) is 3. The molecule has 0 spiro atoms. The first kappa shape index (κ1) is 13.8. The summed E-state index contributed by atoms with van der Waals surface area (Å²) in [4.78, 5) is 18.1. The molecule has 1 aliphatic carbocycles. The molecule has 22 heavy (non-hydrogen) atoms. The van der Waals surface area contributed by atoms with Gasteiger partial charge < -0.3 is 4.74 Å². The highest BCUT2D eigenvalue weighted by molar-refractivity contribution is 7.15. The quantitative estimate of drug-likeness (QED) is 0.918. The van der Waals surface area contributed by atoms with Gasteiger partial charge in [-0.25, -0.2) is 4.98 Å². The van der Waals surface area contributed by atoms with Gasteiger partial charge in [0.2, 0.25) is 0 Å². The maximum atomic E-state index is 12.3. The monoisotopic (exact) mass is 316 g/mol. The molecule has 3 heterocycles. The molecule has 2 aromatic heterocycles. The Hall–Kier alpha value is -1.86. The average Bonchev–Trinajstić information content (AvgIpc) is 2.96. The van der Waals surface area contributed by atoms with Crippen LogP contribution in [0.2, 0.25) is 0 Å². The number of fused-ring (bicyclic) bond motifs is 2. The molecule has 7 heteroatoms. The summed E-state index contributed by atoms with van der Waals surface area (Å²) in [5, 5.41) is 11.7. The number of thiazole rings is 1. The predicted molar refractivity (Wildman–Crippen MR) is 82.1 cm³/mol. The number of nitrogens with one attached hydrogen (secondary N) is 1. The van der Waals surface area contributed by atoms with Crippen LogP contribution in [0.5, 0.6) is 0 Å². The van der Waals surface area contributed by atoms with Crippen molar-refractivity contribution in [3.63, 3.8) is 0 Å². The Morgan fingerprint density at radius 2 is 2.09 bits per heavy atom. The van der Waals surface area contributed by atoms with Gasteiger partial charge in [0, 0.05) is 16.9 Å². The van der Waals surface area contributed by atoms with Crippen molar-refractivity contribution in [1.29, 1.82) is 0 Å². The molecule has 4 rings (SSSR count). The van der Waals surface area contributed by atoms with E-state index in [9.17, 15) is 4.79 Å². The normalized spacial score (nSPS) is 16.7. The second-order valence-electron chi connectivity index (χ2n) is 5.55. The lowest BCUT2D eigenvalue weighted by atomic mass is 10.0. The Morgan fingerprint density at radius 1 is 1.18 bits per heavy atom. The molecule has 114 valence electrons. The van der Waals surface area contributed by atoms with Crippen molar-refractivity contribution in [1.82, 2.24) is 15.2 Å². The Morgan fingerprint density at radius 3 is 3.00 bits per heavy atom. The summed E-state index contributed by atoms with van der Waals surface area (Å²) in [6, 6.07) is 1.77. The van der Waals surface area contributed by atoms with Crippen LogP contribution in [0.25, 0.3) is 0 Å². The number of aryl methyl sites for hydroxylation is 2. The van der Waals surface area contributed by atoms with Crippen LogP contribution in [-0.2, 0) is 30.6 Å².